The Hall–Kier alpha value is -0.850. The molecular weight excluding hydrogens is 316 g/mol. The molecule has 0 radical (unpaired) electrons. The Labute approximate surface area is 146 Å². The summed E-state index contributed by atoms with van der Waals surface area (Å²) in [5.41, 5.74) is 5.95. The number of hydrogen-bond donors (Lipinski definition) is 3. The van der Waals surface area contributed by atoms with E-state index in [0.717, 1.165) is 45.3 Å². The maximum atomic E-state index is 12.1. The Kier molecular flexibility index (Phi) is 11.2. The van der Waals surface area contributed by atoms with Crippen molar-refractivity contribution in [1.29, 1.82) is 0 Å². The summed E-state index contributed by atoms with van der Waals surface area (Å²) < 4.78 is 0. The number of piperidine rings is 1. The van der Waals surface area contributed by atoms with Gasteiger partial charge in [-0.1, -0.05) is 27.2 Å². The molecule has 2 amide bonds. The minimum atomic E-state index is -0.428. The smallest absolute Gasteiger partial charge is 0.237 e. The summed E-state index contributed by atoms with van der Waals surface area (Å²) in [4.78, 5) is 25.9. The molecule has 0 saturated carbocycles. The summed E-state index contributed by atoms with van der Waals surface area (Å²) >= 11 is 0. The van der Waals surface area contributed by atoms with Gasteiger partial charge < -0.3 is 16.4 Å². The highest BCUT2D eigenvalue weighted by Gasteiger charge is 2.25. The summed E-state index contributed by atoms with van der Waals surface area (Å²) in [6, 6.07) is -0.250. The summed E-state index contributed by atoms with van der Waals surface area (Å²) in [5, 5.41) is 5.94. The van der Waals surface area contributed by atoms with Gasteiger partial charge in [-0.3, -0.25) is 14.5 Å². The molecule has 1 saturated heterocycles. The van der Waals surface area contributed by atoms with E-state index in [9.17, 15) is 9.59 Å². The van der Waals surface area contributed by atoms with Crippen LogP contribution in [0.15, 0.2) is 0 Å². The zero-order chi connectivity index (χ0) is 16.5. The molecule has 1 fully saturated rings. The molecule has 0 aromatic rings. The zero-order valence-electron chi connectivity index (χ0n) is 14.6. The second kappa shape index (κ2) is 11.6. The predicted octanol–water partition coefficient (Wildman–Crippen LogP) is 0.888. The van der Waals surface area contributed by atoms with Crippen molar-refractivity contribution >= 4 is 24.2 Å². The van der Waals surface area contributed by atoms with Gasteiger partial charge in [-0.2, -0.15) is 0 Å². The van der Waals surface area contributed by atoms with Gasteiger partial charge >= 0.3 is 0 Å². The number of halogens is 1. The lowest BCUT2D eigenvalue weighted by Gasteiger charge is -2.32. The van der Waals surface area contributed by atoms with Crippen LogP contribution >= 0.6 is 12.4 Å². The van der Waals surface area contributed by atoms with Crippen LogP contribution in [0, 0.1) is 5.92 Å². The summed E-state index contributed by atoms with van der Waals surface area (Å²) in [5.74, 6) is 0.235. The first-order valence-electron chi connectivity index (χ1n) is 8.52. The molecule has 23 heavy (non-hydrogen) atoms. The van der Waals surface area contributed by atoms with Crippen molar-refractivity contribution in [3.8, 4) is 0 Å². The number of nitrogens with two attached hydrogens (primary N) is 1. The fourth-order valence-corrected chi connectivity index (χ4v) is 2.57. The fourth-order valence-electron chi connectivity index (χ4n) is 2.57. The van der Waals surface area contributed by atoms with Crippen molar-refractivity contribution < 1.29 is 9.59 Å². The highest BCUT2D eigenvalue weighted by Crippen LogP contribution is 2.11. The molecule has 136 valence electrons. The molecule has 2 atom stereocenters. The van der Waals surface area contributed by atoms with Crippen LogP contribution in [-0.4, -0.2) is 55.0 Å². The standard InChI is InChI=1S/C16H32N4O2.ClH/c1-4-8-18-14(21)11-20-9-6-13(7-10-20)19-16(22)15(17)12(3)5-2;/h12-13,15H,4-11,17H2,1-3H3,(H,18,21)(H,19,22);1H. The van der Waals surface area contributed by atoms with Crippen LogP contribution < -0.4 is 16.4 Å². The van der Waals surface area contributed by atoms with Crippen LogP contribution in [0.5, 0.6) is 0 Å². The molecule has 0 bridgehead atoms. The number of nitrogens with zero attached hydrogens (tertiary/aromatic N) is 1. The van der Waals surface area contributed by atoms with Crippen LogP contribution in [0.2, 0.25) is 0 Å². The van der Waals surface area contributed by atoms with E-state index >= 15 is 0 Å². The van der Waals surface area contributed by atoms with Crippen molar-refractivity contribution in [3.05, 3.63) is 0 Å². The number of amides is 2. The molecule has 1 heterocycles. The van der Waals surface area contributed by atoms with Crippen LogP contribution in [0.25, 0.3) is 0 Å². The minimum Gasteiger partial charge on any atom is -0.355 e. The van der Waals surface area contributed by atoms with E-state index in [-0.39, 0.29) is 36.2 Å². The normalized spacial score (nSPS) is 18.6. The molecule has 6 nitrogen and oxygen atoms in total. The summed E-state index contributed by atoms with van der Waals surface area (Å²) in [6.07, 6.45) is 3.61. The van der Waals surface area contributed by atoms with Crippen molar-refractivity contribution in [1.82, 2.24) is 15.5 Å². The monoisotopic (exact) mass is 348 g/mol. The maximum Gasteiger partial charge on any atom is 0.237 e. The van der Waals surface area contributed by atoms with E-state index in [0.29, 0.717) is 6.54 Å². The van der Waals surface area contributed by atoms with Crippen LogP contribution in [0.4, 0.5) is 0 Å². The van der Waals surface area contributed by atoms with E-state index in [1.54, 1.807) is 0 Å². The molecule has 1 rings (SSSR count). The molecule has 0 aromatic carbocycles. The van der Waals surface area contributed by atoms with E-state index < -0.39 is 6.04 Å². The van der Waals surface area contributed by atoms with Gasteiger partial charge in [-0.25, -0.2) is 0 Å². The third-order valence-electron chi connectivity index (χ3n) is 4.43. The quantitative estimate of drug-likeness (QED) is 0.608. The van der Waals surface area contributed by atoms with Crippen molar-refractivity contribution in [2.24, 2.45) is 11.7 Å². The van der Waals surface area contributed by atoms with Crippen molar-refractivity contribution in [2.75, 3.05) is 26.2 Å². The highest BCUT2D eigenvalue weighted by atomic mass is 35.5. The number of hydrogen-bond acceptors (Lipinski definition) is 4. The van der Waals surface area contributed by atoms with Gasteiger partial charge in [0.1, 0.15) is 0 Å². The lowest BCUT2D eigenvalue weighted by Crippen LogP contribution is -2.52. The molecule has 1 aliphatic rings. The third kappa shape index (κ3) is 7.99. The molecule has 7 heteroatoms. The van der Waals surface area contributed by atoms with E-state index in [1.807, 2.05) is 20.8 Å². The fraction of sp³-hybridized carbons (Fsp3) is 0.875. The van der Waals surface area contributed by atoms with Gasteiger partial charge in [0.15, 0.2) is 0 Å². The number of likely N-dealkylation sites (tertiary alicyclic amines) is 1. The van der Waals surface area contributed by atoms with Gasteiger partial charge in [-0.05, 0) is 25.2 Å². The van der Waals surface area contributed by atoms with Crippen LogP contribution in [0.1, 0.15) is 46.5 Å². The van der Waals surface area contributed by atoms with Gasteiger partial charge in [0.2, 0.25) is 11.8 Å². The molecule has 2 unspecified atom stereocenters. The van der Waals surface area contributed by atoms with Crippen LogP contribution in [-0.2, 0) is 9.59 Å². The first-order valence-corrected chi connectivity index (χ1v) is 8.52. The topological polar surface area (TPSA) is 87.5 Å². The largest absolute Gasteiger partial charge is 0.355 e. The third-order valence-corrected chi connectivity index (χ3v) is 4.43. The molecule has 1 aliphatic heterocycles. The zero-order valence-corrected chi connectivity index (χ0v) is 15.5. The number of nitrogens with one attached hydrogen (secondary N) is 2. The Balaban J connectivity index is 0.00000484. The van der Waals surface area contributed by atoms with Gasteiger partial charge in [0, 0.05) is 25.7 Å². The SMILES string of the molecule is CCCNC(=O)CN1CCC(NC(=O)C(N)C(C)CC)CC1.Cl. The Morgan fingerprint density at radius 3 is 2.39 bits per heavy atom. The van der Waals surface area contributed by atoms with E-state index in [4.69, 9.17) is 5.73 Å². The van der Waals surface area contributed by atoms with Crippen molar-refractivity contribution in [2.45, 2.75) is 58.5 Å². The molecular formula is C16H33ClN4O2. The predicted molar refractivity (Wildman–Crippen MR) is 95.6 cm³/mol. The van der Waals surface area contributed by atoms with Gasteiger partial charge in [0.05, 0.1) is 12.6 Å². The Bertz CT molecular complexity index is 360. The average Bonchev–Trinajstić information content (AvgIpc) is 2.53. The number of carbonyl (C=O) groups is 2. The number of rotatable bonds is 8. The molecule has 0 aliphatic carbocycles. The Morgan fingerprint density at radius 2 is 1.87 bits per heavy atom. The van der Waals surface area contributed by atoms with Crippen molar-refractivity contribution in [3.63, 3.8) is 0 Å². The maximum absolute atomic E-state index is 12.1. The molecule has 0 aromatic heterocycles. The lowest BCUT2D eigenvalue weighted by molar-refractivity contribution is -0.125. The summed E-state index contributed by atoms with van der Waals surface area (Å²) in [6.45, 7) is 8.94. The van der Waals surface area contributed by atoms with E-state index in [1.165, 1.54) is 0 Å². The number of carbonyl (C=O) groups excluding carboxylic acids is 2. The first-order chi connectivity index (χ1) is 10.5. The minimum absolute atomic E-state index is 0. The summed E-state index contributed by atoms with van der Waals surface area (Å²) in [7, 11) is 0. The molecule has 0 spiro atoms. The highest BCUT2D eigenvalue weighted by molar-refractivity contribution is 5.85. The van der Waals surface area contributed by atoms with Crippen LogP contribution in [0.3, 0.4) is 0 Å². The second-order valence-electron chi connectivity index (χ2n) is 6.32. The Morgan fingerprint density at radius 1 is 1.26 bits per heavy atom. The van der Waals surface area contributed by atoms with E-state index in [2.05, 4.69) is 15.5 Å². The van der Waals surface area contributed by atoms with Gasteiger partial charge in [-0.15, -0.1) is 12.4 Å². The van der Waals surface area contributed by atoms with Gasteiger partial charge in [0.25, 0.3) is 0 Å². The first kappa shape index (κ1) is 22.1. The molecule has 4 N–H and O–H groups in total. The second-order valence-corrected chi connectivity index (χ2v) is 6.32. The average molecular weight is 349 g/mol. The lowest BCUT2D eigenvalue weighted by atomic mass is 9.98.